The van der Waals surface area contributed by atoms with E-state index >= 15 is 0 Å². The Balaban J connectivity index is 1.93. The first kappa shape index (κ1) is 24.3. The lowest BCUT2D eigenvalue weighted by Crippen LogP contribution is -2.38. The summed E-state index contributed by atoms with van der Waals surface area (Å²) in [5, 5.41) is 2.81. The molecule has 0 aliphatic heterocycles. The number of rotatable bonds is 9. The van der Waals surface area contributed by atoms with Crippen molar-refractivity contribution < 1.29 is 22.3 Å². The van der Waals surface area contributed by atoms with Crippen LogP contribution in [0.4, 0.5) is 15.8 Å². The van der Waals surface area contributed by atoms with Crippen LogP contribution in [0.3, 0.4) is 0 Å². The number of hydrogen-bond acceptors (Lipinski definition) is 4. The summed E-state index contributed by atoms with van der Waals surface area (Å²) in [6, 6.07) is 18.3. The van der Waals surface area contributed by atoms with E-state index in [0.717, 1.165) is 22.0 Å². The summed E-state index contributed by atoms with van der Waals surface area (Å²) in [6.07, 6.45) is 0. The van der Waals surface area contributed by atoms with Crippen molar-refractivity contribution in [2.75, 3.05) is 22.8 Å². The number of anilines is 2. The molecule has 0 spiro atoms. The third kappa shape index (κ3) is 5.90. The van der Waals surface area contributed by atoms with Crippen molar-refractivity contribution >= 4 is 27.3 Å². The molecule has 0 aliphatic rings. The van der Waals surface area contributed by atoms with Gasteiger partial charge in [-0.25, -0.2) is 12.8 Å². The molecule has 0 fully saturated rings. The molecule has 8 heteroatoms. The Hall–Kier alpha value is -3.39. The lowest BCUT2D eigenvalue weighted by Gasteiger charge is -2.24. The molecule has 174 valence electrons. The van der Waals surface area contributed by atoms with Gasteiger partial charge in [-0.3, -0.25) is 9.10 Å². The molecule has 0 saturated heterocycles. The van der Waals surface area contributed by atoms with E-state index in [1.165, 1.54) is 24.3 Å². The summed E-state index contributed by atoms with van der Waals surface area (Å²) in [5.74, 6) is -0.315. The Morgan fingerprint density at radius 3 is 2.24 bits per heavy atom. The first-order valence-electron chi connectivity index (χ1n) is 10.6. The van der Waals surface area contributed by atoms with Crippen LogP contribution >= 0.6 is 0 Å². The van der Waals surface area contributed by atoms with E-state index < -0.39 is 28.3 Å². The van der Waals surface area contributed by atoms with Gasteiger partial charge in [0.2, 0.25) is 5.91 Å². The van der Waals surface area contributed by atoms with Gasteiger partial charge < -0.3 is 10.1 Å². The molecule has 3 aromatic carbocycles. The molecule has 6 nitrogen and oxygen atoms in total. The van der Waals surface area contributed by atoms with E-state index in [-0.39, 0.29) is 16.5 Å². The number of para-hydroxylation sites is 1. The number of nitrogens with zero attached hydrogens (tertiary/aromatic N) is 1. The molecule has 3 aromatic rings. The Morgan fingerprint density at radius 2 is 1.64 bits per heavy atom. The zero-order valence-electron chi connectivity index (χ0n) is 18.8. The molecular weight excluding hydrogens is 443 g/mol. The largest absolute Gasteiger partial charge is 0.494 e. The van der Waals surface area contributed by atoms with Crippen molar-refractivity contribution in [3.63, 3.8) is 0 Å². The van der Waals surface area contributed by atoms with Crippen LogP contribution in [0.25, 0.3) is 0 Å². The minimum absolute atomic E-state index is 0.00865. The third-order valence-electron chi connectivity index (χ3n) is 4.98. The van der Waals surface area contributed by atoms with Gasteiger partial charge in [-0.2, -0.15) is 0 Å². The lowest BCUT2D eigenvalue weighted by molar-refractivity contribution is -0.114. The Kier molecular flexibility index (Phi) is 7.71. The normalized spacial score (nSPS) is 11.3. The maximum absolute atomic E-state index is 13.5. The average Bonchev–Trinajstić information content (AvgIpc) is 2.79. The first-order valence-corrected chi connectivity index (χ1v) is 12.1. The van der Waals surface area contributed by atoms with E-state index in [0.29, 0.717) is 18.0 Å². The van der Waals surface area contributed by atoms with Gasteiger partial charge in [0.05, 0.1) is 17.2 Å². The summed E-state index contributed by atoms with van der Waals surface area (Å²) in [5.41, 5.74) is 1.74. The van der Waals surface area contributed by atoms with Crippen molar-refractivity contribution in [1.82, 2.24) is 0 Å². The fraction of sp³-hybridized carbons (Fsp3) is 0.240. The summed E-state index contributed by atoms with van der Waals surface area (Å²) in [4.78, 5) is 12.9. The molecule has 0 atom stereocenters. The number of ether oxygens (including phenoxy) is 1. The van der Waals surface area contributed by atoms with Crippen LogP contribution in [0.1, 0.15) is 32.3 Å². The van der Waals surface area contributed by atoms with Crippen LogP contribution in [-0.2, 0) is 14.8 Å². The van der Waals surface area contributed by atoms with Crippen LogP contribution in [0.5, 0.6) is 5.75 Å². The fourth-order valence-electron chi connectivity index (χ4n) is 3.36. The fourth-order valence-corrected chi connectivity index (χ4v) is 4.78. The number of nitrogens with one attached hydrogen (secondary N) is 1. The first-order chi connectivity index (χ1) is 15.7. The van der Waals surface area contributed by atoms with Crippen molar-refractivity contribution in [2.24, 2.45) is 0 Å². The van der Waals surface area contributed by atoms with E-state index in [9.17, 15) is 17.6 Å². The van der Waals surface area contributed by atoms with Crippen molar-refractivity contribution in [1.29, 1.82) is 0 Å². The van der Waals surface area contributed by atoms with Gasteiger partial charge in [0, 0.05) is 5.69 Å². The molecule has 33 heavy (non-hydrogen) atoms. The second kappa shape index (κ2) is 10.5. The molecule has 1 amide bonds. The summed E-state index contributed by atoms with van der Waals surface area (Å²) < 4.78 is 46.8. The Morgan fingerprint density at radius 1 is 1.00 bits per heavy atom. The second-order valence-electron chi connectivity index (χ2n) is 7.68. The summed E-state index contributed by atoms with van der Waals surface area (Å²) in [6.45, 7) is 5.81. The highest BCUT2D eigenvalue weighted by Crippen LogP contribution is 2.27. The SMILES string of the molecule is CCOc1ccc(S(=O)(=O)N(CC(=O)Nc2ccccc2C(C)C)c2ccc(F)cc2)cc1. The van der Waals surface area contributed by atoms with Crippen molar-refractivity contribution in [3.05, 3.63) is 84.2 Å². The van der Waals surface area contributed by atoms with Crippen LogP contribution in [0.2, 0.25) is 0 Å². The number of carbonyl (C=O) groups excluding carboxylic acids is 1. The Labute approximate surface area is 194 Å². The highest BCUT2D eigenvalue weighted by molar-refractivity contribution is 7.92. The molecule has 0 unspecified atom stereocenters. The predicted molar refractivity (Wildman–Crippen MR) is 128 cm³/mol. The smallest absolute Gasteiger partial charge is 0.264 e. The predicted octanol–water partition coefficient (Wildman–Crippen LogP) is 5.18. The average molecular weight is 471 g/mol. The quantitative estimate of drug-likeness (QED) is 0.467. The molecule has 0 radical (unpaired) electrons. The standard InChI is InChI=1S/C25H27FN2O4S/c1-4-32-21-13-15-22(16-14-21)33(30,31)28(20-11-9-19(26)10-12-20)17-25(29)27-24-8-6-5-7-23(24)18(2)3/h5-16,18H,4,17H2,1-3H3,(H,27,29). The lowest BCUT2D eigenvalue weighted by atomic mass is 10.0. The highest BCUT2D eigenvalue weighted by Gasteiger charge is 2.27. The van der Waals surface area contributed by atoms with Gasteiger partial charge in [-0.1, -0.05) is 32.0 Å². The molecule has 1 N–H and O–H groups in total. The topological polar surface area (TPSA) is 75.7 Å². The van der Waals surface area contributed by atoms with Gasteiger partial charge in [-0.15, -0.1) is 0 Å². The number of amides is 1. The highest BCUT2D eigenvalue weighted by atomic mass is 32.2. The van der Waals surface area contributed by atoms with Gasteiger partial charge in [0.15, 0.2) is 0 Å². The minimum Gasteiger partial charge on any atom is -0.494 e. The maximum Gasteiger partial charge on any atom is 0.264 e. The van der Waals surface area contributed by atoms with Crippen molar-refractivity contribution in [2.45, 2.75) is 31.6 Å². The van der Waals surface area contributed by atoms with Crippen molar-refractivity contribution in [3.8, 4) is 5.75 Å². The van der Waals surface area contributed by atoms with Crippen LogP contribution in [0.15, 0.2) is 77.7 Å². The Bertz CT molecular complexity index is 1190. The molecule has 0 saturated carbocycles. The van der Waals surface area contributed by atoms with Crippen LogP contribution in [0, 0.1) is 5.82 Å². The second-order valence-corrected chi connectivity index (χ2v) is 9.54. The van der Waals surface area contributed by atoms with E-state index in [2.05, 4.69) is 5.32 Å². The monoisotopic (exact) mass is 470 g/mol. The third-order valence-corrected chi connectivity index (χ3v) is 6.77. The molecule has 0 aliphatic carbocycles. The summed E-state index contributed by atoms with van der Waals surface area (Å²) >= 11 is 0. The van der Waals surface area contributed by atoms with Gasteiger partial charge in [0.1, 0.15) is 18.1 Å². The number of hydrogen-bond donors (Lipinski definition) is 1. The number of halogens is 1. The maximum atomic E-state index is 13.5. The van der Waals surface area contributed by atoms with E-state index in [4.69, 9.17) is 4.74 Å². The molecule has 3 rings (SSSR count). The number of carbonyl (C=O) groups is 1. The van der Waals surface area contributed by atoms with Gasteiger partial charge in [0.25, 0.3) is 10.0 Å². The van der Waals surface area contributed by atoms with E-state index in [1.54, 1.807) is 24.3 Å². The molecular formula is C25H27FN2O4S. The van der Waals surface area contributed by atoms with Crippen LogP contribution in [-0.4, -0.2) is 27.5 Å². The zero-order chi connectivity index (χ0) is 24.0. The van der Waals surface area contributed by atoms with E-state index in [1.807, 2.05) is 32.9 Å². The molecule has 0 heterocycles. The van der Waals surface area contributed by atoms with Crippen LogP contribution < -0.4 is 14.4 Å². The van der Waals surface area contributed by atoms with Gasteiger partial charge >= 0.3 is 0 Å². The minimum atomic E-state index is -4.12. The number of benzene rings is 3. The molecule has 0 bridgehead atoms. The zero-order valence-corrected chi connectivity index (χ0v) is 19.6. The number of sulfonamides is 1. The summed E-state index contributed by atoms with van der Waals surface area (Å²) in [7, 11) is -4.12. The van der Waals surface area contributed by atoms with Gasteiger partial charge in [-0.05, 0) is 73.0 Å². The molecule has 0 aromatic heterocycles.